The number of carbonyl (C=O) groups excluding carboxylic acids is 1. The Labute approximate surface area is 189 Å². The summed E-state index contributed by atoms with van der Waals surface area (Å²) in [4.78, 5) is 21.6. The van der Waals surface area contributed by atoms with Crippen LogP contribution >= 0.6 is 11.8 Å². The summed E-state index contributed by atoms with van der Waals surface area (Å²) in [5, 5.41) is 5.91. The highest BCUT2D eigenvalue weighted by Crippen LogP contribution is 2.32. The normalized spacial score (nSPS) is 13.5. The maximum Gasteiger partial charge on any atom is 0.232 e. The van der Waals surface area contributed by atoms with Gasteiger partial charge in [-0.2, -0.15) is 5.10 Å². The van der Waals surface area contributed by atoms with Crippen molar-refractivity contribution in [2.24, 2.45) is 0 Å². The molecule has 0 radical (unpaired) electrons. The van der Waals surface area contributed by atoms with Crippen molar-refractivity contribution in [2.45, 2.75) is 11.4 Å². The van der Waals surface area contributed by atoms with Crippen LogP contribution in [-0.2, 0) is 16.4 Å². The number of rotatable bonds is 6. The van der Waals surface area contributed by atoms with E-state index >= 15 is 0 Å². The lowest BCUT2D eigenvalue weighted by atomic mass is 10.1. The van der Waals surface area contributed by atoms with Crippen molar-refractivity contribution in [2.75, 3.05) is 22.9 Å². The standard InChI is InChI=1S/C22H19N5O3S2/c1-32(29,30)26-10-9-15-11-16(7-8-19(15)26)20(28)13-31-22-18-12-25-27(21(18)23-14-24-22)17-5-3-2-4-6-17/h2-8,11-12,14H,9-10,13H2,1H3. The minimum absolute atomic E-state index is 0.0437. The molecular formula is C22H19N5O3S2. The van der Waals surface area contributed by atoms with Gasteiger partial charge < -0.3 is 0 Å². The van der Waals surface area contributed by atoms with Gasteiger partial charge in [-0.3, -0.25) is 9.10 Å². The molecule has 0 unspecified atom stereocenters. The number of carbonyl (C=O) groups is 1. The third-order valence-electron chi connectivity index (χ3n) is 5.32. The topological polar surface area (TPSA) is 98.1 Å². The Morgan fingerprint density at radius 1 is 1.12 bits per heavy atom. The molecule has 0 N–H and O–H groups in total. The lowest BCUT2D eigenvalue weighted by Gasteiger charge is -2.16. The Morgan fingerprint density at radius 3 is 2.72 bits per heavy atom. The highest BCUT2D eigenvalue weighted by molar-refractivity contribution is 8.00. The molecule has 4 aromatic rings. The van der Waals surface area contributed by atoms with E-state index in [2.05, 4.69) is 15.1 Å². The van der Waals surface area contributed by atoms with E-state index < -0.39 is 10.0 Å². The monoisotopic (exact) mass is 465 g/mol. The van der Waals surface area contributed by atoms with Gasteiger partial charge in [-0.05, 0) is 42.3 Å². The van der Waals surface area contributed by atoms with E-state index in [0.717, 1.165) is 16.6 Å². The van der Waals surface area contributed by atoms with Crippen LogP contribution in [0, 0.1) is 0 Å². The van der Waals surface area contributed by atoms with E-state index in [9.17, 15) is 13.2 Å². The van der Waals surface area contributed by atoms with Crippen molar-refractivity contribution in [3.8, 4) is 5.69 Å². The molecule has 0 saturated carbocycles. The van der Waals surface area contributed by atoms with Crippen molar-refractivity contribution in [1.82, 2.24) is 19.7 Å². The highest BCUT2D eigenvalue weighted by Gasteiger charge is 2.26. The molecule has 0 saturated heterocycles. The number of para-hydroxylation sites is 1. The van der Waals surface area contributed by atoms with Crippen LogP contribution in [0.4, 0.5) is 5.69 Å². The molecule has 0 atom stereocenters. The molecule has 2 aromatic heterocycles. The zero-order chi connectivity index (χ0) is 22.3. The smallest absolute Gasteiger partial charge is 0.232 e. The first-order chi connectivity index (χ1) is 15.4. The number of benzene rings is 2. The van der Waals surface area contributed by atoms with Crippen molar-refractivity contribution in [3.63, 3.8) is 0 Å². The Balaban J connectivity index is 1.36. The first kappa shape index (κ1) is 20.7. The van der Waals surface area contributed by atoms with Crippen molar-refractivity contribution in [1.29, 1.82) is 0 Å². The van der Waals surface area contributed by atoms with Crippen molar-refractivity contribution < 1.29 is 13.2 Å². The fourth-order valence-corrected chi connectivity index (χ4v) is 5.62. The van der Waals surface area contributed by atoms with Crippen LogP contribution in [0.25, 0.3) is 16.7 Å². The zero-order valence-electron chi connectivity index (χ0n) is 17.2. The lowest BCUT2D eigenvalue weighted by Crippen LogP contribution is -2.27. The second-order valence-corrected chi connectivity index (χ2v) is 10.3. The van der Waals surface area contributed by atoms with E-state index in [1.165, 1.54) is 28.7 Å². The van der Waals surface area contributed by atoms with Gasteiger partial charge in [0.15, 0.2) is 11.4 Å². The molecule has 3 heterocycles. The lowest BCUT2D eigenvalue weighted by molar-refractivity contribution is 0.102. The third-order valence-corrected chi connectivity index (χ3v) is 7.51. The minimum atomic E-state index is -3.31. The molecule has 5 rings (SSSR count). The molecule has 1 aliphatic heterocycles. The summed E-state index contributed by atoms with van der Waals surface area (Å²) < 4.78 is 27.0. The van der Waals surface area contributed by atoms with E-state index in [4.69, 9.17) is 0 Å². The van der Waals surface area contributed by atoms with Gasteiger partial charge >= 0.3 is 0 Å². The van der Waals surface area contributed by atoms with Gasteiger partial charge in [0.25, 0.3) is 0 Å². The summed E-state index contributed by atoms with van der Waals surface area (Å²) in [6.07, 6.45) is 4.98. The van der Waals surface area contributed by atoms with Crippen LogP contribution < -0.4 is 4.31 Å². The average molecular weight is 466 g/mol. The van der Waals surface area contributed by atoms with Crippen LogP contribution in [0.3, 0.4) is 0 Å². The second-order valence-electron chi connectivity index (χ2n) is 7.45. The van der Waals surface area contributed by atoms with Crippen molar-refractivity contribution in [3.05, 3.63) is 72.2 Å². The number of fused-ring (bicyclic) bond motifs is 2. The number of nitrogens with zero attached hydrogens (tertiary/aromatic N) is 5. The Kier molecular flexibility index (Phi) is 5.18. The summed E-state index contributed by atoms with van der Waals surface area (Å²) >= 11 is 1.34. The van der Waals surface area contributed by atoms with Crippen molar-refractivity contribution >= 4 is 44.3 Å². The molecule has 32 heavy (non-hydrogen) atoms. The van der Waals surface area contributed by atoms with E-state index in [1.807, 2.05) is 30.3 Å². The molecule has 10 heteroatoms. The molecule has 0 fully saturated rings. The summed E-state index contributed by atoms with van der Waals surface area (Å²) in [7, 11) is -3.31. The number of ketones is 1. The molecule has 8 nitrogen and oxygen atoms in total. The number of hydrogen-bond donors (Lipinski definition) is 0. The van der Waals surface area contributed by atoms with Gasteiger partial charge in [-0.1, -0.05) is 30.0 Å². The van der Waals surface area contributed by atoms with E-state index in [0.29, 0.717) is 34.9 Å². The predicted octanol–water partition coefficient (Wildman–Crippen LogP) is 3.11. The number of sulfonamides is 1. The van der Waals surface area contributed by atoms with Crippen LogP contribution in [0.5, 0.6) is 0 Å². The minimum Gasteiger partial charge on any atom is -0.293 e. The summed E-state index contributed by atoms with van der Waals surface area (Å²) in [6.45, 7) is 0.408. The number of thioether (sulfide) groups is 1. The Hall–Kier alpha value is -3.24. The number of Topliss-reactive ketones (excluding diaryl/α,β-unsaturated/α-hetero) is 1. The van der Waals surface area contributed by atoms with Crippen LogP contribution in [0.15, 0.2) is 66.1 Å². The molecule has 2 aromatic carbocycles. The number of anilines is 1. The second kappa shape index (κ2) is 8.03. The number of aromatic nitrogens is 4. The molecule has 0 bridgehead atoms. The van der Waals surface area contributed by atoms with Gasteiger partial charge in [0.05, 0.1) is 35.0 Å². The maximum atomic E-state index is 12.8. The SMILES string of the molecule is CS(=O)(=O)N1CCc2cc(C(=O)CSc3ncnc4c3cnn4-c3ccccc3)ccc21. The Bertz CT molecular complexity index is 1430. The molecule has 162 valence electrons. The predicted molar refractivity (Wildman–Crippen MR) is 124 cm³/mol. The van der Waals surface area contributed by atoms with E-state index in [1.54, 1.807) is 29.1 Å². The molecular weight excluding hydrogens is 446 g/mol. The third kappa shape index (κ3) is 3.76. The zero-order valence-corrected chi connectivity index (χ0v) is 18.8. The summed E-state index contributed by atoms with van der Waals surface area (Å²) in [5.74, 6) is 0.162. The van der Waals surface area contributed by atoms with Gasteiger partial charge in [0.2, 0.25) is 10.0 Å². The van der Waals surface area contributed by atoms with E-state index in [-0.39, 0.29) is 11.5 Å². The Morgan fingerprint density at radius 2 is 1.94 bits per heavy atom. The maximum absolute atomic E-state index is 12.8. The largest absolute Gasteiger partial charge is 0.293 e. The van der Waals surface area contributed by atoms with Gasteiger partial charge in [0, 0.05) is 12.1 Å². The molecule has 0 aliphatic carbocycles. The van der Waals surface area contributed by atoms with Gasteiger partial charge in [-0.15, -0.1) is 0 Å². The van der Waals surface area contributed by atoms with Crippen LogP contribution in [0.1, 0.15) is 15.9 Å². The summed E-state index contributed by atoms with van der Waals surface area (Å²) in [6, 6.07) is 14.9. The van der Waals surface area contributed by atoms with Gasteiger partial charge in [0.1, 0.15) is 11.4 Å². The molecule has 0 amide bonds. The first-order valence-electron chi connectivity index (χ1n) is 9.92. The fourth-order valence-electron chi connectivity index (χ4n) is 3.80. The van der Waals surface area contributed by atoms with Crippen LogP contribution in [-0.4, -0.2) is 52.5 Å². The molecule has 0 spiro atoms. The fraction of sp³-hybridized carbons (Fsp3) is 0.182. The highest BCUT2D eigenvalue weighted by atomic mass is 32.2. The quantitative estimate of drug-likeness (QED) is 0.245. The molecule has 1 aliphatic rings. The first-order valence-corrected chi connectivity index (χ1v) is 12.8. The van der Waals surface area contributed by atoms with Gasteiger partial charge in [-0.25, -0.2) is 23.1 Å². The number of hydrogen-bond acceptors (Lipinski definition) is 7. The van der Waals surface area contributed by atoms with Crippen LogP contribution in [0.2, 0.25) is 0 Å². The average Bonchev–Trinajstić information content (AvgIpc) is 3.42. The summed E-state index contributed by atoms with van der Waals surface area (Å²) in [5.41, 5.74) is 3.67.